The first-order valence-corrected chi connectivity index (χ1v) is 12.0. The van der Waals surface area contributed by atoms with E-state index in [2.05, 4.69) is 20.9 Å². The van der Waals surface area contributed by atoms with Crippen molar-refractivity contribution in [2.75, 3.05) is 50.8 Å². The lowest BCUT2D eigenvalue weighted by Gasteiger charge is -2.33. The maximum absolute atomic E-state index is 13.7. The minimum absolute atomic E-state index is 0.0432. The molecule has 9 heteroatoms. The molecule has 178 valence electrons. The molecule has 0 unspecified atom stereocenters. The van der Waals surface area contributed by atoms with Crippen LogP contribution in [0.5, 0.6) is 0 Å². The number of morpholine rings is 1. The number of ether oxygens (including phenoxy) is 1. The lowest BCUT2D eigenvalue weighted by Crippen LogP contribution is -2.44. The van der Waals surface area contributed by atoms with Crippen LogP contribution in [0.4, 0.5) is 5.82 Å². The highest BCUT2D eigenvalue weighted by Crippen LogP contribution is 2.32. The molecule has 0 bridgehead atoms. The van der Waals surface area contributed by atoms with Crippen LogP contribution in [-0.2, 0) is 17.8 Å². The van der Waals surface area contributed by atoms with Crippen molar-refractivity contribution >= 4 is 16.9 Å². The van der Waals surface area contributed by atoms with E-state index in [0.717, 1.165) is 63.6 Å². The van der Waals surface area contributed by atoms with Gasteiger partial charge >= 0.3 is 0 Å². The van der Waals surface area contributed by atoms with Gasteiger partial charge in [-0.2, -0.15) is 5.26 Å². The second-order valence-electron chi connectivity index (χ2n) is 9.12. The molecule has 1 atom stereocenters. The van der Waals surface area contributed by atoms with Gasteiger partial charge in [-0.1, -0.05) is 30.3 Å². The fourth-order valence-corrected chi connectivity index (χ4v) is 5.04. The number of nitriles is 1. The number of rotatable bonds is 6. The summed E-state index contributed by atoms with van der Waals surface area (Å²) in [5.74, 6) is 0.757. The Hall–Kier alpha value is -3.19. The van der Waals surface area contributed by atoms with Crippen LogP contribution in [0.15, 0.2) is 41.5 Å². The number of fused-ring (bicyclic) bond motifs is 1. The number of hydrogen-bond acceptors (Lipinski definition) is 7. The van der Waals surface area contributed by atoms with Crippen molar-refractivity contribution in [1.82, 2.24) is 19.0 Å². The number of nitrogens with two attached hydrogens (primary N) is 1. The Morgan fingerprint density at radius 1 is 1.15 bits per heavy atom. The summed E-state index contributed by atoms with van der Waals surface area (Å²) in [7, 11) is 0. The van der Waals surface area contributed by atoms with Crippen molar-refractivity contribution in [3.05, 3.63) is 58.1 Å². The third-order valence-corrected chi connectivity index (χ3v) is 6.81. The highest BCUT2D eigenvalue weighted by molar-refractivity contribution is 5.89. The van der Waals surface area contributed by atoms with Gasteiger partial charge in [0.25, 0.3) is 5.56 Å². The van der Waals surface area contributed by atoms with Gasteiger partial charge in [-0.3, -0.25) is 14.3 Å². The first kappa shape index (κ1) is 22.6. The number of piperidine rings is 1. The largest absolute Gasteiger partial charge is 0.379 e. The lowest BCUT2D eigenvalue weighted by molar-refractivity contribution is 0.0362. The van der Waals surface area contributed by atoms with Gasteiger partial charge in [-0.25, -0.2) is 4.98 Å². The Labute approximate surface area is 198 Å². The fourth-order valence-electron chi connectivity index (χ4n) is 5.04. The van der Waals surface area contributed by atoms with Crippen molar-refractivity contribution in [2.45, 2.75) is 32.0 Å². The zero-order chi connectivity index (χ0) is 23.5. The monoisotopic (exact) mass is 461 g/mol. The zero-order valence-corrected chi connectivity index (χ0v) is 19.4. The molecule has 0 radical (unpaired) electrons. The second kappa shape index (κ2) is 9.97. The number of benzene rings is 1. The van der Waals surface area contributed by atoms with Crippen molar-refractivity contribution in [2.24, 2.45) is 5.73 Å². The molecular weight excluding hydrogens is 430 g/mol. The first-order chi connectivity index (χ1) is 16.7. The smallest absolute Gasteiger partial charge is 0.278 e. The van der Waals surface area contributed by atoms with Gasteiger partial charge in [0.2, 0.25) is 0 Å². The Morgan fingerprint density at radius 3 is 2.68 bits per heavy atom. The Bertz CT molecular complexity index is 1240. The van der Waals surface area contributed by atoms with E-state index in [1.165, 1.54) is 0 Å². The standard InChI is InChI=1S/C25H31N7O2/c26-15-21-22-23(25(33)31(18-28-22)10-9-29-11-13-34-14-12-29)32(16-19-5-2-1-3-6-19)24(21)30-8-4-7-20(27)17-30/h1-3,5-6,18,20H,4,7-14,16-17,27H2/t20-/m0/s1. The number of nitrogens with zero attached hydrogens (tertiary/aromatic N) is 6. The molecule has 0 amide bonds. The first-order valence-electron chi connectivity index (χ1n) is 12.0. The third-order valence-electron chi connectivity index (χ3n) is 6.81. The number of hydrogen-bond donors (Lipinski definition) is 1. The molecule has 0 aliphatic carbocycles. The molecule has 1 aromatic carbocycles. The molecule has 34 heavy (non-hydrogen) atoms. The predicted molar refractivity (Wildman–Crippen MR) is 131 cm³/mol. The summed E-state index contributed by atoms with van der Waals surface area (Å²) < 4.78 is 9.09. The summed E-state index contributed by atoms with van der Waals surface area (Å²) in [6, 6.07) is 12.4. The molecule has 2 N–H and O–H groups in total. The van der Waals surface area contributed by atoms with E-state index in [1.54, 1.807) is 10.9 Å². The van der Waals surface area contributed by atoms with E-state index < -0.39 is 0 Å². The van der Waals surface area contributed by atoms with Gasteiger partial charge in [-0.15, -0.1) is 0 Å². The highest BCUT2D eigenvalue weighted by atomic mass is 16.5. The Morgan fingerprint density at radius 2 is 1.94 bits per heavy atom. The van der Waals surface area contributed by atoms with Crippen LogP contribution in [0.3, 0.4) is 0 Å². The summed E-state index contributed by atoms with van der Waals surface area (Å²) >= 11 is 0. The quantitative estimate of drug-likeness (QED) is 0.591. The SMILES string of the molecule is N#Cc1c(N2CCC[C@H](N)C2)n(Cc2ccccc2)c2c(=O)n(CCN3CCOCC3)cnc12. The van der Waals surface area contributed by atoms with Gasteiger partial charge in [0, 0.05) is 51.9 Å². The zero-order valence-electron chi connectivity index (χ0n) is 19.4. The van der Waals surface area contributed by atoms with Crippen molar-refractivity contribution in [3.63, 3.8) is 0 Å². The molecule has 2 aromatic heterocycles. The summed E-state index contributed by atoms with van der Waals surface area (Å²) in [5.41, 5.74) is 8.65. The average molecular weight is 462 g/mol. The minimum atomic E-state index is -0.113. The fraction of sp³-hybridized carbons (Fsp3) is 0.480. The Kier molecular flexibility index (Phi) is 6.63. The minimum Gasteiger partial charge on any atom is -0.379 e. The van der Waals surface area contributed by atoms with Crippen molar-refractivity contribution < 1.29 is 4.74 Å². The summed E-state index contributed by atoms with van der Waals surface area (Å²) in [4.78, 5) is 22.8. The third kappa shape index (κ3) is 4.44. The average Bonchev–Trinajstić information content (AvgIpc) is 3.18. The molecule has 4 heterocycles. The van der Waals surface area contributed by atoms with E-state index in [9.17, 15) is 10.1 Å². The highest BCUT2D eigenvalue weighted by Gasteiger charge is 2.28. The molecule has 2 aliphatic heterocycles. The van der Waals surface area contributed by atoms with E-state index >= 15 is 0 Å². The maximum atomic E-state index is 13.7. The number of aromatic nitrogens is 3. The molecule has 0 spiro atoms. The molecular formula is C25H31N7O2. The second-order valence-corrected chi connectivity index (χ2v) is 9.12. The van der Waals surface area contributed by atoms with Gasteiger partial charge < -0.3 is 19.9 Å². The topological polar surface area (TPSA) is 105 Å². The Balaban J connectivity index is 1.60. The summed E-state index contributed by atoms with van der Waals surface area (Å²) in [6.07, 6.45) is 3.50. The van der Waals surface area contributed by atoms with Crippen molar-refractivity contribution in [1.29, 1.82) is 5.26 Å². The lowest BCUT2D eigenvalue weighted by atomic mass is 10.1. The molecule has 9 nitrogen and oxygen atoms in total. The molecule has 2 aliphatic rings. The molecule has 0 saturated carbocycles. The van der Waals surface area contributed by atoms with Gasteiger partial charge in [-0.05, 0) is 18.4 Å². The molecule has 5 rings (SSSR count). The summed E-state index contributed by atoms with van der Waals surface area (Å²) in [6.45, 7) is 6.44. The molecule has 2 saturated heterocycles. The van der Waals surface area contributed by atoms with Crippen LogP contribution in [0.25, 0.3) is 11.0 Å². The van der Waals surface area contributed by atoms with E-state index in [1.807, 2.05) is 34.9 Å². The predicted octanol–water partition coefficient (Wildman–Crippen LogP) is 1.38. The van der Waals surface area contributed by atoms with Gasteiger partial charge in [0.05, 0.1) is 19.5 Å². The molecule has 2 fully saturated rings. The van der Waals surface area contributed by atoms with E-state index in [-0.39, 0.29) is 11.6 Å². The normalized spacial score (nSPS) is 19.4. The van der Waals surface area contributed by atoms with Crippen LogP contribution >= 0.6 is 0 Å². The van der Waals surface area contributed by atoms with Crippen LogP contribution in [0.1, 0.15) is 24.0 Å². The van der Waals surface area contributed by atoms with E-state index in [0.29, 0.717) is 36.2 Å². The summed E-state index contributed by atoms with van der Waals surface area (Å²) in [5, 5.41) is 10.1. The van der Waals surface area contributed by atoms with Gasteiger partial charge in [0.1, 0.15) is 28.5 Å². The number of anilines is 1. The van der Waals surface area contributed by atoms with Crippen LogP contribution in [0, 0.1) is 11.3 Å². The molecule has 3 aromatic rings. The van der Waals surface area contributed by atoms with Crippen LogP contribution in [0.2, 0.25) is 0 Å². The van der Waals surface area contributed by atoms with Crippen LogP contribution in [-0.4, -0.2) is 71.0 Å². The van der Waals surface area contributed by atoms with Gasteiger partial charge in [0.15, 0.2) is 0 Å². The maximum Gasteiger partial charge on any atom is 0.278 e. The van der Waals surface area contributed by atoms with Crippen LogP contribution < -0.4 is 16.2 Å². The van der Waals surface area contributed by atoms with E-state index in [4.69, 9.17) is 10.5 Å². The van der Waals surface area contributed by atoms with Crippen molar-refractivity contribution in [3.8, 4) is 6.07 Å².